The SMILES string of the molecule is Cc1cccc(CC(CNC(=O)c2coc(Br)c2)C(=O)O)c1. The van der Waals surface area contributed by atoms with Crippen molar-refractivity contribution in [3.63, 3.8) is 0 Å². The van der Waals surface area contributed by atoms with Crippen molar-refractivity contribution in [3.05, 3.63) is 58.0 Å². The van der Waals surface area contributed by atoms with Gasteiger partial charge in [-0.2, -0.15) is 0 Å². The second kappa shape index (κ2) is 7.26. The maximum Gasteiger partial charge on any atom is 0.308 e. The van der Waals surface area contributed by atoms with E-state index in [1.54, 1.807) is 0 Å². The Bertz CT molecular complexity index is 680. The molecule has 1 atom stereocenters. The van der Waals surface area contributed by atoms with Crippen molar-refractivity contribution in [3.8, 4) is 0 Å². The number of nitrogens with one attached hydrogen (secondary N) is 1. The standard InChI is InChI=1S/C16H16BrNO4/c1-10-3-2-4-11(5-10)6-12(16(20)21)8-18-15(19)13-7-14(17)22-9-13/h2-5,7,9,12H,6,8H2,1H3,(H,18,19)(H,20,21). The lowest BCUT2D eigenvalue weighted by Crippen LogP contribution is -2.33. The van der Waals surface area contributed by atoms with Crippen LogP contribution >= 0.6 is 15.9 Å². The third kappa shape index (κ3) is 4.46. The number of furan rings is 1. The van der Waals surface area contributed by atoms with E-state index in [1.165, 1.54) is 12.3 Å². The lowest BCUT2D eigenvalue weighted by molar-refractivity contribution is -0.141. The fourth-order valence-corrected chi connectivity index (χ4v) is 2.46. The molecule has 1 heterocycles. The van der Waals surface area contributed by atoms with Crippen molar-refractivity contribution in [2.45, 2.75) is 13.3 Å². The highest BCUT2D eigenvalue weighted by Crippen LogP contribution is 2.14. The van der Waals surface area contributed by atoms with Crippen molar-refractivity contribution in [2.75, 3.05) is 6.54 Å². The van der Waals surface area contributed by atoms with E-state index < -0.39 is 11.9 Å². The summed E-state index contributed by atoms with van der Waals surface area (Å²) in [6.45, 7) is 2.02. The van der Waals surface area contributed by atoms with Gasteiger partial charge in [0.25, 0.3) is 5.91 Å². The summed E-state index contributed by atoms with van der Waals surface area (Å²) in [5.74, 6) is -1.97. The minimum atomic E-state index is -0.935. The Morgan fingerprint density at radius 1 is 1.36 bits per heavy atom. The van der Waals surface area contributed by atoms with Gasteiger partial charge in [-0.25, -0.2) is 0 Å². The number of aryl methyl sites for hydroxylation is 1. The van der Waals surface area contributed by atoms with Crippen molar-refractivity contribution >= 4 is 27.8 Å². The molecule has 0 aliphatic carbocycles. The molecule has 0 radical (unpaired) electrons. The molecule has 0 spiro atoms. The highest BCUT2D eigenvalue weighted by atomic mass is 79.9. The van der Waals surface area contributed by atoms with Gasteiger partial charge < -0.3 is 14.8 Å². The number of carboxylic acid groups (broad SMARTS) is 1. The second-order valence-corrected chi connectivity index (χ2v) is 5.86. The van der Waals surface area contributed by atoms with Gasteiger partial charge >= 0.3 is 5.97 Å². The zero-order valence-electron chi connectivity index (χ0n) is 12.0. The third-order valence-electron chi connectivity index (χ3n) is 3.25. The fourth-order valence-electron chi connectivity index (χ4n) is 2.12. The van der Waals surface area contributed by atoms with E-state index >= 15 is 0 Å². The van der Waals surface area contributed by atoms with Gasteiger partial charge in [-0.15, -0.1) is 0 Å². The van der Waals surface area contributed by atoms with Crippen LogP contribution < -0.4 is 5.32 Å². The van der Waals surface area contributed by atoms with Gasteiger partial charge in [-0.3, -0.25) is 9.59 Å². The predicted molar refractivity (Wildman–Crippen MR) is 84.8 cm³/mol. The first kappa shape index (κ1) is 16.3. The van der Waals surface area contributed by atoms with Crippen LogP contribution in [0.4, 0.5) is 0 Å². The van der Waals surface area contributed by atoms with Crippen molar-refractivity contribution in [1.82, 2.24) is 5.32 Å². The molecular weight excluding hydrogens is 350 g/mol. The maximum atomic E-state index is 11.9. The zero-order chi connectivity index (χ0) is 16.1. The molecule has 5 nitrogen and oxygen atoms in total. The molecular formula is C16H16BrNO4. The maximum absolute atomic E-state index is 11.9. The summed E-state index contributed by atoms with van der Waals surface area (Å²) in [6.07, 6.45) is 1.68. The molecule has 22 heavy (non-hydrogen) atoms. The quantitative estimate of drug-likeness (QED) is 0.824. The van der Waals surface area contributed by atoms with E-state index in [1.807, 2.05) is 31.2 Å². The second-order valence-electron chi connectivity index (χ2n) is 5.08. The average molecular weight is 366 g/mol. The summed E-state index contributed by atoms with van der Waals surface area (Å²) in [6, 6.07) is 9.22. The van der Waals surface area contributed by atoms with Crippen molar-refractivity contribution < 1.29 is 19.1 Å². The van der Waals surface area contributed by atoms with Crippen LogP contribution in [0.15, 0.2) is 45.7 Å². The lowest BCUT2D eigenvalue weighted by Gasteiger charge is -2.13. The van der Waals surface area contributed by atoms with E-state index in [-0.39, 0.29) is 12.5 Å². The summed E-state index contributed by atoms with van der Waals surface area (Å²) >= 11 is 3.11. The first-order valence-electron chi connectivity index (χ1n) is 6.76. The summed E-state index contributed by atoms with van der Waals surface area (Å²) in [7, 11) is 0. The normalized spacial score (nSPS) is 11.9. The molecule has 0 saturated heterocycles. The predicted octanol–water partition coefficient (Wildman–Crippen LogP) is 3.02. The molecule has 1 unspecified atom stereocenters. The molecule has 2 aromatic rings. The number of hydrogen-bond donors (Lipinski definition) is 2. The Kier molecular flexibility index (Phi) is 5.38. The summed E-state index contributed by atoms with van der Waals surface area (Å²) in [4.78, 5) is 23.3. The molecule has 1 amide bonds. The van der Waals surface area contributed by atoms with Crippen molar-refractivity contribution in [2.24, 2.45) is 5.92 Å². The van der Waals surface area contributed by atoms with Gasteiger partial charge in [0, 0.05) is 12.6 Å². The molecule has 2 rings (SSSR count). The number of aliphatic carboxylic acids is 1. The summed E-state index contributed by atoms with van der Waals surface area (Å²) in [5.41, 5.74) is 2.37. The molecule has 0 aliphatic rings. The van der Waals surface area contributed by atoms with Crippen LogP contribution in [-0.2, 0) is 11.2 Å². The minimum Gasteiger partial charge on any atom is -0.481 e. The molecule has 6 heteroatoms. The Hall–Kier alpha value is -2.08. The molecule has 1 aromatic carbocycles. The largest absolute Gasteiger partial charge is 0.481 e. The zero-order valence-corrected chi connectivity index (χ0v) is 13.6. The van der Waals surface area contributed by atoms with E-state index in [0.29, 0.717) is 16.7 Å². The first-order valence-corrected chi connectivity index (χ1v) is 7.55. The Morgan fingerprint density at radius 2 is 2.14 bits per heavy atom. The monoisotopic (exact) mass is 365 g/mol. The van der Waals surface area contributed by atoms with Gasteiger partial charge in [0.2, 0.25) is 0 Å². The molecule has 0 bridgehead atoms. The van der Waals surface area contributed by atoms with Crippen LogP contribution in [-0.4, -0.2) is 23.5 Å². The van der Waals surface area contributed by atoms with Crippen LogP contribution in [0.2, 0.25) is 0 Å². The van der Waals surface area contributed by atoms with Crippen LogP contribution in [0.25, 0.3) is 0 Å². The topological polar surface area (TPSA) is 79.5 Å². The molecule has 0 saturated carbocycles. The Morgan fingerprint density at radius 3 is 2.73 bits per heavy atom. The Balaban J connectivity index is 1.97. The number of hydrogen-bond acceptors (Lipinski definition) is 3. The Labute approximate surface area is 136 Å². The van der Waals surface area contributed by atoms with Gasteiger partial charge in [-0.05, 0) is 34.8 Å². The molecule has 116 valence electrons. The van der Waals surface area contributed by atoms with E-state index in [2.05, 4.69) is 21.2 Å². The van der Waals surface area contributed by atoms with Crippen LogP contribution in [0.1, 0.15) is 21.5 Å². The first-order chi connectivity index (χ1) is 10.5. The van der Waals surface area contributed by atoms with Gasteiger partial charge in [0.1, 0.15) is 6.26 Å². The fraction of sp³-hybridized carbons (Fsp3) is 0.250. The van der Waals surface area contributed by atoms with Gasteiger partial charge in [0.15, 0.2) is 4.67 Å². The van der Waals surface area contributed by atoms with E-state index in [9.17, 15) is 14.7 Å². The number of halogens is 1. The number of benzene rings is 1. The third-order valence-corrected chi connectivity index (χ3v) is 3.67. The molecule has 1 aromatic heterocycles. The van der Waals surface area contributed by atoms with Crippen LogP contribution in [0.3, 0.4) is 0 Å². The highest BCUT2D eigenvalue weighted by molar-refractivity contribution is 9.10. The van der Waals surface area contributed by atoms with Gasteiger partial charge in [-0.1, -0.05) is 29.8 Å². The number of carboxylic acids is 1. The lowest BCUT2D eigenvalue weighted by atomic mass is 9.98. The van der Waals surface area contributed by atoms with Crippen LogP contribution in [0, 0.1) is 12.8 Å². The number of carbonyl (C=O) groups is 2. The minimum absolute atomic E-state index is 0.0604. The number of rotatable bonds is 6. The molecule has 0 fully saturated rings. The van der Waals surface area contributed by atoms with Crippen molar-refractivity contribution in [1.29, 1.82) is 0 Å². The molecule has 0 aliphatic heterocycles. The average Bonchev–Trinajstić information content (AvgIpc) is 2.89. The van der Waals surface area contributed by atoms with E-state index in [0.717, 1.165) is 11.1 Å². The number of carbonyl (C=O) groups excluding carboxylic acids is 1. The van der Waals surface area contributed by atoms with E-state index in [4.69, 9.17) is 4.42 Å². The smallest absolute Gasteiger partial charge is 0.308 e. The molecule has 2 N–H and O–H groups in total. The summed E-state index contributed by atoms with van der Waals surface area (Å²) in [5, 5.41) is 11.9. The van der Waals surface area contributed by atoms with Crippen LogP contribution in [0.5, 0.6) is 0 Å². The summed E-state index contributed by atoms with van der Waals surface area (Å²) < 4.78 is 5.44. The number of amides is 1. The highest BCUT2D eigenvalue weighted by Gasteiger charge is 2.20. The van der Waals surface area contributed by atoms with Gasteiger partial charge in [0.05, 0.1) is 11.5 Å².